The topological polar surface area (TPSA) is 38.0 Å². The lowest BCUT2D eigenvalue weighted by molar-refractivity contribution is 0.595. The standard InChI is InChI=1S/C14H11ClF2N2S/c1-7-4-11(17)13(6-10(7)16)19-12-3-2-8(15)5-9(12)14(18)20/h2-6,19H,1H3,(H2,18,20). The molecule has 0 aromatic heterocycles. The van der Waals surface area contributed by atoms with E-state index in [0.717, 1.165) is 12.1 Å². The molecule has 0 radical (unpaired) electrons. The molecule has 0 bridgehead atoms. The molecule has 0 saturated heterocycles. The Morgan fingerprint density at radius 2 is 1.85 bits per heavy atom. The molecule has 0 saturated carbocycles. The Morgan fingerprint density at radius 1 is 1.15 bits per heavy atom. The van der Waals surface area contributed by atoms with Crippen LogP contribution in [-0.4, -0.2) is 4.99 Å². The lowest BCUT2D eigenvalue weighted by Crippen LogP contribution is -2.12. The second-order valence-electron chi connectivity index (χ2n) is 4.26. The number of hydrogen-bond acceptors (Lipinski definition) is 2. The SMILES string of the molecule is Cc1cc(F)c(Nc2ccc(Cl)cc2C(N)=S)cc1F. The number of hydrogen-bond donors (Lipinski definition) is 2. The van der Waals surface area contributed by atoms with Gasteiger partial charge in [-0.05, 0) is 36.8 Å². The van der Waals surface area contributed by atoms with E-state index in [1.54, 1.807) is 18.2 Å². The molecule has 2 aromatic rings. The van der Waals surface area contributed by atoms with E-state index in [4.69, 9.17) is 29.6 Å². The van der Waals surface area contributed by atoms with E-state index in [1.807, 2.05) is 0 Å². The molecule has 6 heteroatoms. The first-order chi connectivity index (χ1) is 9.38. The summed E-state index contributed by atoms with van der Waals surface area (Å²) in [6, 6.07) is 6.98. The number of nitrogens with two attached hydrogens (primary N) is 1. The summed E-state index contributed by atoms with van der Waals surface area (Å²) in [5.74, 6) is -1.06. The van der Waals surface area contributed by atoms with Crippen molar-refractivity contribution in [1.29, 1.82) is 0 Å². The Kier molecular flexibility index (Phi) is 4.20. The molecule has 3 N–H and O–H groups in total. The van der Waals surface area contributed by atoms with Gasteiger partial charge in [0.15, 0.2) is 0 Å². The third-order valence-corrected chi connectivity index (χ3v) is 3.22. The van der Waals surface area contributed by atoms with Gasteiger partial charge in [0.2, 0.25) is 0 Å². The average molecular weight is 313 g/mol. The van der Waals surface area contributed by atoms with E-state index in [2.05, 4.69) is 5.32 Å². The molecule has 0 spiro atoms. The monoisotopic (exact) mass is 312 g/mol. The van der Waals surface area contributed by atoms with Crippen molar-refractivity contribution in [3.63, 3.8) is 0 Å². The zero-order valence-electron chi connectivity index (χ0n) is 10.5. The van der Waals surface area contributed by atoms with E-state index in [9.17, 15) is 8.78 Å². The zero-order valence-corrected chi connectivity index (χ0v) is 12.1. The minimum atomic E-state index is -0.562. The van der Waals surface area contributed by atoms with Crippen LogP contribution in [0.4, 0.5) is 20.2 Å². The van der Waals surface area contributed by atoms with E-state index in [-0.39, 0.29) is 16.2 Å². The third kappa shape index (κ3) is 3.05. The fraction of sp³-hybridized carbons (Fsp3) is 0.0714. The van der Waals surface area contributed by atoms with Crippen LogP contribution in [0.15, 0.2) is 30.3 Å². The lowest BCUT2D eigenvalue weighted by atomic mass is 10.1. The van der Waals surface area contributed by atoms with Crippen LogP contribution in [0, 0.1) is 18.6 Å². The highest BCUT2D eigenvalue weighted by Crippen LogP contribution is 2.27. The second-order valence-corrected chi connectivity index (χ2v) is 5.14. The number of rotatable bonds is 3. The predicted molar refractivity (Wildman–Crippen MR) is 81.7 cm³/mol. The summed E-state index contributed by atoms with van der Waals surface area (Å²) in [5.41, 5.74) is 6.76. The molecular weight excluding hydrogens is 302 g/mol. The Labute approximate surface area is 125 Å². The maximum atomic E-state index is 13.8. The Hall–Kier alpha value is -1.72. The Balaban J connectivity index is 2.45. The summed E-state index contributed by atoms with van der Waals surface area (Å²) in [4.78, 5) is 0.114. The first kappa shape index (κ1) is 14.7. The van der Waals surface area contributed by atoms with Crippen molar-refractivity contribution >= 4 is 40.2 Å². The average Bonchev–Trinajstić information content (AvgIpc) is 2.37. The fourth-order valence-electron chi connectivity index (χ4n) is 1.72. The molecule has 0 aliphatic rings. The molecule has 2 aromatic carbocycles. The predicted octanol–water partition coefficient (Wildman–Crippen LogP) is 4.30. The summed E-state index contributed by atoms with van der Waals surface area (Å²) < 4.78 is 27.3. The summed E-state index contributed by atoms with van der Waals surface area (Å²) in [6.07, 6.45) is 0. The van der Waals surface area contributed by atoms with E-state index < -0.39 is 11.6 Å². The van der Waals surface area contributed by atoms with Gasteiger partial charge in [0.05, 0.1) is 5.69 Å². The molecule has 2 rings (SSSR count). The van der Waals surface area contributed by atoms with Gasteiger partial charge < -0.3 is 11.1 Å². The van der Waals surface area contributed by atoms with Crippen LogP contribution in [0.3, 0.4) is 0 Å². The number of nitrogens with one attached hydrogen (secondary N) is 1. The summed E-state index contributed by atoms with van der Waals surface area (Å²) in [5, 5.41) is 3.23. The van der Waals surface area contributed by atoms with Gasteiger partial charge >= 0.3 is 0 Å². The molecule has 0 unspecified atom stereocenters. The van der Waals surface area contributed by atoms with Crippen LogP contribution < -0.4 is 11.1 Å². The van der Waals surface area contributed by atoms with Crippen molar-refractivity contribution in [3.05, 3.63) is 58.1 Å². The number of thiocarbonyl (C=S) groups is 1. The van der Waals surface area contributed by atoms with Gasteiger partial charge in [-0.3, -0.25) is 0 Å². The van der Waals surface area contributed by atoms with Gasteiger partial charge in [-0.1, -0.05) is 23.8 Å². The van der Waals surface area contributed by atoms with Gasteiger partial charge in [0, 0.05) is 22.3 Å². The van der Waals surface area contributed by atoms with E-state index in [1.165, 1.54) is 6.92 Å². The summed E-state index contributed by atoms with van der Waals surface area (Å²) >= 11 is 10.8. The van der Waals surface area contributed by atoms with Crippen LogP contribution in [-0.2, 0) is 0 Å². The van der Waals surface area contributed by atoms with Crippen molar-refractivity contribution in [3.8, 4) is 0 Å². The van der Waals surface area contributed by atoms with Crippen molar-refractivity contribution in [2.24, 2.45) is 5.73 Å². The molecule has 0 heterocycles. The van der Waals surface area contributed by atoms with Crippen LogP contribution in [0.1, 0.15) is 11.1 Å². The van der Waals surface area contributed by atoms with E-state index in [0.29, 0.717) is 16.3 Å². The molecule has 104 valence electrons. The molecule has 0 fully saturated rings. The molecular formula is C14H11ClF2N2S. The number of benzene rings is 2. The maximum Gasteiger partial charge on any atom is 0.147 e. The summed E-state index contributed by atoms with van der Waals surface area (Å²) in [7, 11) is 0. The number of anilines is 2. The van der Waals surface area contributed by atoms with Crippen molar-refractivity contribution in [1.82, 2.24) is 0 Å². The fourth-order valence-corrected chi connectivity index (χ4v) is 2.06. The quantitative estimate of drug-likeness (QED) is 0.830. The van der Waals surface area contributed by atoms with Gasteiger partial charge in [0.1, 0.15) is 16.6 Å². The van der Waals surface area contributed by atoms with Crippen molar-refractivity contribution in [2.75, 3.05) is 5.32 Å². The highest BCUT2D eigenvalue weighted by atomic mass is 35.5. The second kappa shape index (κ2) is 5.73. The molecule has 0 amide bonds. The van der Waals surface area contributed by atoms with Crippen molar-refractivity contribution in [2.45, 2.75) is 6.92 Å². The van der Waals surface area contributed by atoms with Crippen LogP contribution in [0.2, 0.25) is 5.02 Å². The lowest BCUT2D eigenvalue weighted by Gasteiger charge is -2.13. The zero-order chi connectivity index (χ0) is 14.9. The highest BCUT2D eigenvalue weighted by molar-refractivity contribution is 7.80. The minimum absolute atomic E-state index is 0.00734. The van der Waals surface area contributed by atoms with Crippen LogP contribution in [0.25, 0.3) is 0 Å². The molecule has 0 aliphatic carbocycles. The van der Waals surface area contributed by atoms with Crippen LogP contribution >= 0.6 is 23.8 Å². The maximum absolute atomic E-state index is 13.8. The first-order valence-electron chi connectivity index (χ1n) is 5.70. The van der Waals surface area contributed by atoms with Gasteiger partial charge in [-0.25, -0.2) is 8.78 Å². The molecule has 2 nitrogen and oxygen atoms in total. The molecule has 0 aliphatic heterocycles. The normalized spacial score (nSPS) is 10.4. The van der Waals surface area contributed by atoms with Crippen molar-refractivity contribution < 1.29 is 8.78 Å². The van der Waals surface area contributed by atoms with Crippen LogP contribution in [0.5, 0.6) is 0 Å². The largest absolute Gasteiger partial charge is 0.389 e. The Morgan fingerprint density at radius 3 is 2.50 bits per heavy atom. The summed E-state index contributed by atoms with van der Waals surface area (Å²) in [6.45, 7) is 1.49. The minimum Gasteiger partial charge on any atom is -0.389 e. The number of halogens is 3. The molecule has 20 heavy (non-hydrogen) atoms. The van der Waals surface area contributed by atoms with Gasteiger partial charge in [0.25, 0.3) is 0 Å². The van der Waals surface area contributed by atoms with Gasteiger partial charge in [-0.15, -0.1) is 0 Å². The third-order valence-electron chi connectivity index (χ3n) is 2.76. The molecule has 0 atom stereocenters. The highest BCUT2D eigenvalue weighted by Gasteiger charge is 2.11. The first-order valence-corrected chi connectivity index (χ1v) is 6.49. The Bertz CT molecular complexity index is 689. The number of aryl methyl sites for hydroxylation is 1. The van der Waals surface area contributed by atoms with E-state index >= 15 is 0 Å². The van der Waals surface area contributed by atoms with Gasteiger partial charge in [-0.2, -0.15) is 0 Å². The smallest absolute Gasteiger partial charge is 0.147 e.